The lowest BCUT2D eigenvalue weighted by atomic mass is 10.4. The zero-order chi connectivity index (χ0) is 8.23. The summed E-state index contributed by atoms with van der Waals surface area (Å²) in [6.07, 6.45) is 5.52. The van der Waals surface area contributed by atoms with Crippen molar-refractivity contribution in [3.8, 4) is 0 Å². The standard InChI is InChI=1S/C7H13N5/c1-2-9-12(10-3-1)11-6-4-8-5-7-11/h1-3,8-9H,4-7H2. The highest BCUT2D eigenvalue weighted by Crippen LogP contribution is 1.99. The number of allylic oxidation sites excluding steroid dienone is 1. The Morgan fingerprint density at radius 2 is 2.08 bits per heavy atom. The number of rotatable bonds is 1. The van der Waals surface area contributed by atoms with Gasteiger partial charge >= 0.3 is 0 Å². The monoisotopic (exact) mass is 167 g/mol. The summed E-state index contributed by atoms with van der Waals surface area (Å²) < 4.78 is 0. The maximum atomic E-state index is 4.16. The fraction of sp³-hybridized carbons (Fsp3) is 0.571. The van der Waals surface area contributed by atoms with Crippen LogP contribution in [0.1, 0.15) is 0 Å². The van der Waals surface area contributed by atoms with Gasteiger partial charge < -0.3 is 5.32 Å². The van der Waals surface area contributed by atoms with Gasteiger partial charge in [0, 0.05) is 32.4 Å². The lowest BCUT2D eigenvalue weighted by Gasteiger charge is -2.35. The van der Waals surface area contributed by atoms with Crippen LogP contribution in [-0.4, -0.2) is 42.6 Å². The fourth-order valence-corrected chi connectivity index (χ4v) is 1.28. The largest absolute Gasteiger partial charge is 0.314 e. The molecular formula is C7H13N5. The van der Waals surface area contributed by atoms with Crippen LogP contribution in [0.15, 0.2) is 17.4 Å². The van der Waals surface area contributed by atoms with Crippen LogP contribution in [0.3, 0.4) is 0 Å². The van der Waals surface area contributed by atoms with Gasteiger partial charge in [0.05, 0.1) is 6.21 Å². The normalized spacial score (nSPS) is 24.2. The van der Waals surface area contributed by atoms with Crippen molar-refractivity contribution in [3.63, 3.8) is 0 Å². The van der Waals surface area contributed by atoms with Gasteiger partial charge in [-0.25, -0.2) is 0 Å². The first-order valence-corrected chi connectivity index (χ1v) is 4.18. The second-order valence-electron chi connectivity index (χ2n) is 2.75. The molecule has 2 aliphatic rings. The molecule has 0 atom stereocenters. The Labute approximate surface area is 71.7 Å². The van der Waals surface area contributed by atoms with Gasteiger partial charge in [0.15, 0.2) is 0 Å². The second kappa shape index (κ2) is 3.55. The van der Waals surface area contributed by atoms with Crippen molar-refractivity contribution in [1.29, 1.82) is 0 Å². The molecule has 2 heterocycles. The molecule has 0 radical (unpaired) electrons. The molecule has 66 valence electrons. The Bertz CT molecular complexity index is 194. The highest BCUT2D eigenvalue weighted by atomic mass is 15.9. The zero-order valence-electron chi connectivity index (χ0n) is 6.90. The summed E-state index contributed by atoms with van der Waals surface area (Å²) in [6.45, 7) is 4.05. The van der Waals surface area contributed by atoms with E-state index in [4.69, 9.17) is 0 Å². The topological polar surface area (TPSA) is 42.9 Å². The highest BCUT2D eigenvalue weighted by Gasteiger charge is 2.15. The lowest BCUT2D eigenvalue weighted by Crippen LogP contribution is -2.54. The Morgan fingerprint density at radius 1 is 1.25 bits per heavy atom. The molecule has 0 aromatic heterocycles. The molecule has 2 aliphatic heterocycles. The number of hydrogen-bond acceptors (Lipinski definition) is 5. The van der Waals surface area contributed by atoms with Crippen molar-refractivity contribution >= 4 is 6.21 Å². The molecule has 2 rings (SSSR count). The molecule has 1 saturated heterocycles. The van der Waals surface area contributed by atoms with Gasteiger partial charge in [-0.1, -0.05) is 0 Å². The van der Waals surface area contributed by atoms with E-state index < -0.39 is 0 Å². The summed E-state index contributed by atoms with van der Waals surface area (Å²) in [5.41, 5.74) is 3.04. The Kier molecular flexibility index (Phi) is 2.24. The van der Waals surface area contributed by atoms with Crippen LogP contribution in [0.5, 0.6) is 0 Å². The Morgan fingerprint density at radius 3 is 2.75 bits per heavy atom. The van der Waals surface area contributed by atoms with Gasteiger partial charge in [0.2, 0.25) is 0 Å². The number of hydrazine groups is 2. The van der Waals surface area contributed by atoms with Crippen LogP contribution in [-0.2, 0) is 0 Å². The molecule has 0 amide bonds. The van der Waals surface area contributed by atoms with Gasteiger partial charge in [-0.2, -0.15) is 5.01 Å². The molecule has 12 heavy (non-hydrogen) atoms. The van der Waals surface area contributed by atoms with Crippen molar-refractivity contribution in [2.45, 2.75) is 0 Å². The minimum Gasteiger partial charge on any atom is -0.314 e. The first-order valence-electron chi connectivity index (χ1n) is 4.18. The number of nitrogens with one attached hydrogen (secondary N) is 2. The molecule has 0 aromatic carbocycles. The molecule has 5 nitrogen and oxygen atoms in total. The lowest BCUT2D eigenvalue weighted by molar-refractivity contribution is -0.0636. The van der Waals surface area contributed by atoms with E-state index in [1.165, 1.54) is 0 Å². The molecule has 2 N–H and O–H groups in total. The van der Waals surface area contributed by atoms with Gasteiger partial charge in [-0.3, -0.25) is 5.43 Å². The van der Waals surface area contributed by atoms with Crippen molar-refractivity contribution < 1.29 is 0 Å². The molecule has 0 unspecified atom stereocenters. The Balaban J connectivity index is 1.90. The third kappa shape index (κ3) is 1.57. The number of piperazine rings is 1. The molecular weight excluding hydrogens is 154 g/mol. The zero-order valence-corrected chi connectivity index (χ0v) is 6.90. The number of nitrogens with zero attached hydrogens (tertiary/aromatic N) is 3. The smallest absolute Gasteiger partial charge is 0.0522 e. The van der Waals surface area contributed by atoms with Crippen LogP contribution in [0.2, 0.25) is 0 Å². The van der Waals surface area contributed by atoms with Crippen LogP contribution in [0.4, 0.5) is 0 Å². The fourth-order valence-electron chi connectivity index (χ4n) is 1.28. The third-order valence-electron chi connectivity index (χ3n) is 1.91. The molecule has 0 spiro atoms. The van der Waals surface area contributed by atoms with Crippen molar-refractivity contribution in [2.75, 3.05) is 26.2 Å². The highest BCUT2D eigenvalue weighted by molar-refractivity contribution is 5.70. The number of hydrazone groups is 1. The molecule has 0 aliphatic carbocycles. The summed E-state index contributed by atoms with van der Waals surface area (Å²) in [5, 5.41) is 11.4. The van der Waals surface area contributed by atoms with Gasteiger partial charge in [-0.15, -0.1) is 10.3 Å². The first kappa shape index (κ1) is 7.57. The predicted molar refractivity (Wildman–Crippen MR) is 47.0 cm³/mol. The van der Waals surface area contributed by atoms with E-state index >= 15 is 0 Å². The molecule has 0 bridgehead atoms. The van der Waals surface area contributed by atoms with E-state index in [0.29, 0.717) is 0 Å². The maximum absolute atomic E-state index is 4.16. The predicted octanol–water partition coefficient (Wildman–Crippen LogP) is -0.874. The summed E-state index contributed by atoms with van der Waals surface area (Å²) in [7, 11) is 0. The van der Waals surface area contributed by atoms with Crippen molar-refractivity contribution in [3.05, 3.63) is 12.3 Å². The molecule has 1 fully saturated rings. The SMILES string of the molecule is C1=CNN(N2CCNCC2)N=C1. The summed E-state index contributed by atoms with van der Waals surface area (Å²) >= 11 is 0. The van der Waals surface area contributed by atoms with Gasteiger partial charge in [-0.05, 0) is 6.08 Å². The van der Waals surface area contributed by atoms with E-state index in [2.05, 4.69) is 20.9 Å². The van der Waals surface area contributed by atoms with E-state index in [-0.39, 0.29) is 0 Å². The van der Waals surface area contributed by atoms with Crippen LogP contribution < -0.4 is 10.7 Å². The minimum atomic E-state index is 0.998. The van der Waals surface area contributed by atoms with E-state index in [9.17, 15) is 0 Å². The summed E-state index contributed by atoms with van der Waals surface area (Å²) in [4.78, 5) is 0. The van der Waals surface area contributed by atoms with E-state index in [1.54, 1.807) is 11.4 Å². The van der Waals surface area contributed by atoms with E-state index in [0.717, 1.165) is 26.2 Å². The van der Waals surface area contributed by atoms with Crippen LogP contribution in [0, 0.1) is 0 Å². The quantitative estimate of drug-likeness (QED) is 0.532. The minimum absolute atomic E-state index is 0.998. The van der Waals surface area contributed by atoms with Crippen molar-refractivity contribution in [1.82, 2.24) is 21.0 Å². The van der Waals surface area contributed by atoms with Crippen LogP contribution >= 0.6 is 0 Å². The molecule has 0 aromatic rings. The van der Waals surface area contributed by atoms with Crippen LogP contribution in [0.25, 0.3) is 0 Å². The number of hydrogen-bond donors (Lipinski definition) is 2. The average molecular weight is 167 g/mol. The summed E-state index contributed by atoms with van der Waals surface area (Å²) in [5.74, 6) is 0. The van der Waals surface area contributed by atoms with Gasteiger partial charge in [0.1, 0.15) is 0 Å². The Hall–Kier alpha value is -1.07. The van der Waals surface area contributed by atoms with Crippen molar-refractivity contribution in [2.24, 2.45) is 5.10 Å². The summed E-state index contributed by atoms with van der Waals surface area (Å²) in [6, 6.07) is 0. The third-order valence-corrected chi connectivity index (χ3v) is 1.91. The van der Waals surface area contributed by atoms with E-state index in [1.807, 2.05) is 12.3 Å². The first-order chi connectivity index (χ1) is 5.97. The molecule has 5 heteroatoms. The second-order valence-corrected chi connectivity index (χ2v) is 2.75. The maximum Gasteiger partial charge on any atom is 0.0522 e. The molecule has 0 saturated carbocycles. The average Bonchev–Trinajstić information content (AvgIpc) is 2.21. The van der Waals surface area contributed by atoms with Gasteiger partial charge in [0.25, 0.3) is 0 Å².